The van der Waals surface area contributed by atoms with Gasteiger partial charge in [0.2, 0.25) is 0 Å². The number of aryl methyl sites for hydroxylation is 1. The molecule has 5 heteroatoms. The molecule has 0 aliphatic heterocycles. The quantitative estimate of drug-likeness (QED) is 0.731. The van der Waals surface area contributed by atoms with E-state index in [2.05, 4.69) is 34.6 Å². The number of nitrogens with one attached hydrogen (secondary N) is 2. The summed E-state index contributed by atoms with van der Waals surface area (Å²) in [6.45, 7) is 2.10. The van der Waals surface area contributed by atoms with Gasteiger partial charge in [-0.15, -0.1) is 0 Å². The topological polar surface area (TPSA) is 78.0 Å². The highest BCUT2D eigenvalue weighted by Gasteiger charge is 2.35. The van der Waals surface area contributed by atoms with E-state index in [9.17, 15) is 9.90 Å². The number of hydrogen-bond donors (Lipinski definition) is 3. The second kappa shape index (κ2) is 7.62. The Labute approximate surface area is 142 Å². The number of aromatic nitrogens is 2. The predicted octanol–water partition coefficient (Wildman–Crippen LogP) is 2.47. The van der Waals surface area contributed by atoms with Crippen LogP contribution in [0.4, 0.5) is 0 Å². The van der Waals surface area contributed by atoms with Crippen LogP contribution < -0.4 is 5.32 Å². The lowest BCUT2D eigenvalue weighted by atomic mass is 9.75. The predicted molar refractivity (Wildman–Crippen MR) is 92.7 cm³/mol. The number of aliphatic hydroxyl groups is 1. The van der Waals surface area contributed by atoms with Crippen LogP contribution in [0.25, 0.3) is 0 Å². The lowest BCUT2D eigenvalue weighted by Gasteiger charge is -2.38. The van der Waals surface area contributed by atoms with Crippen LogP contribution in [0.5, 0.6) is 0 Å². The molecule has 1 atom stereocenters. The second-order valence-corrected chi connectivity index (χ2v) is 6.68. The number of nitrogens with zero attached hydrogens (tertiary/aromatic N) is 1. The van der Waals surface area contributed by atoms with Crippen LogP contribution in [0.15, 0.2) is 36.4 Å². The highest BCUT2D eigenvalue weighted by molar-refractivity contribution is 5.92. The first kappa shape index (κ1) is 16.7. The van der Waals surface area contributed by atoms with E-state index < -0.39 is 0 Å². The van der Waals surface area contributed by atoms with Crippen molar-refractivity contribution in [2.75, 3.05) is 0 Å². The molecule has 3 N–H and O–H groups in total. The van der Waals surface area contributed by atoms with Gasteiger partial charge in [-0.1, -0.05) is 43.7 Å². The summed E-state index contributed by atoms with van der Waals surface area (Å²) in [6, 6.07) is 12.0. The van der Waals surface area contributed by atoms with E-state index in [1.54, 1.807) is 0 Å². The first-order valence-corrected chi connectivity index (χ1v) is 8.73. The molecular formula is C19H25N3O2. The Balaban J connectivity index is 1.67. The van der Waals surface area contributed by atoms with Crippen LogP contribution in [-0.4, -0.2) is 33.4 Å². The first-order valence-electron chi connectivity index (χ1n) is 8.73. The first-order chi connectivity index (χ1) is 11.7. The molecule has 0 radical (unpaired) electrons. The molecule has 1 amide bonds. The highest BCUT2D eigenvalue weighted by Crippen LogP contribution is 2.31. The summed E-state index contributed by atoms with van der Waals surface area (Å²) in [4.78, 5) is 12.5. The molecule has 24 heavy (non-hydrogen) atoms. The molecule has 3 rings (SSSR count). The van der Waals surface area contributed by atoms with Crippen LogP contribution in [0.2, 0.25) is 0 Å². The molecule has 1 aromatic carbocycles. The van der Waals surface area contributed by atoms with Crippen LogP contribution in [0.1, 0.15) is 47.9 Å². The standard InChI is InChI=1S/C19H25N3O2/c1-2-6-15-12-18(22-21-15)19(24)20-17(14-10-16(23)11-14)9-13-7-4-3-5-8-13/h3-5,7-8,12,14,16-17,23H,2,6,9-11H2,1H3,(H,20,24)(H,21,22)/t14?,16?,17-/m1/s1. The van der Waals surface area contributed by atoms with Crippen molar-refractivity contribution < 1.29 is 9.90 Å². The third-order valence-electron chi connectivity index (χ3n) is 4.72. The molecule has 1 aliphatic carbocycles. The fourth-order valence-corrected chi connectivity index (χ4v) is 3.28. The number of hydrogen-bond acceptors (Lipinski definition) is 3. The monoisotopic (exact) mass is 327 g/mol. The molecule has 1 saturated carbocycles. The molecule has 1 fully saturated rings. The third-order valence-corrected chi connectivity index (χ3v) is 4.72. The smallest absolute Gasteiger partial charge is 0.272 e. The number of H-pyrrole nitrogens is 1. The number of aliphatic hydroxyl groups excluding tert-OH is 1. The lowest BCUT2D eigenvalue weighted by Crippen LogP contribution is -2.48. The van der Waals surface area contributed by atoms with Crippen molar-refractivity contribution in [1.29, 1.82) is 0 Å². The normalized spacial score (nSPS) is 21.1. The molecule has 2 aromatic rings. The number of aromatic amines is 1. The van der Waals surface area contributed by atoms with E-state index in [1.165, 1.54) is 5.56 Å². The maximum atomic E-state index is 12.5. The maximum absolute atomic E-state index is 12.5. The summed E-state index contributed by atoms with van der Waals surface area (Å²) in [5.41, 5.74) is 2.62. The lowest BCUT2D eigenvalue weighted by molar-refractivity contribution is 0.0239. The minimum absolute atomic E-state index is 0.0228. The minimum atomic E-state index is -0.230. The molecule has 1 aromatic heterocycles. The number of benzene rings is 1. The van der Waals surface area contributed by atoms with Gasteiger partial charge in [-0.25, -0.2) is 0 Å². The van der Waals surface area contributed by atoms with Gasteiger partial charge < -0.3 is 10.4 Å². The van der Waals surface area contributed by atoms with Crippen LogP contribution in [0.3, 0.4) is 0 Å². The zero-order valence-corrected chi connectivity index (χ0v) is 14.0. The molecule has 1 heterocycles. The van der Waals surface area contributed by atoms with Crippen molar-refractivity contribution in [3.63, 3.8) is 0 Å². The molecule has 0 bridgehead atoms. The van der Waals surface area contributed by atoms with Gasteiger partial charge in [0.15, 0.2) is 0 Å². The van der Waals surface area contributed by atoms with Crippen molar-refractivity contribution in [2.45, 2.75) is 51.2 Å². The molecule has 0 spiro atoms. The van der Waals surface area contributed by atoms with Gasteiger partial charge in [0.25, 0.3) is 5.91 Å². The Morgan fingerprint density at radius 3 is 2.79 bits per heavy atom. The van der Waals surface area contributed by atoms with E-state index in [-0.39, 0.29) is 18.1 Å². The number of carbonyl (C=O) groups excluding carboxylic acids is 1. The Morgan fingerprint density at radius 1 is 1.38 bits per heavy atom. The zero-order valence-electron chi connectivity index (χ0n) is 14.0. The molecule has 128 valence electrons. The van der Waals surface area contributed by atoms with Gasteiger partial charge in [0.1, 0.15) is 5.69 Å². The summed E-state index contributed by atoms with van der Waals surface area (Å²) in [7, 11) is 0. The molecule has 5 nitrogen and oxygen atoms in total. The van der Waals surface area contributed by atoms with Gasteiger partial charge in [-0.05, 0) is 43.2 Å². The van der Waals surface area contributed by atoms with Crippen LogP contribution in [-0.2, 0) is 12.8 Å². The largest absolute Gasteiger partial charge is 0.393 e. The Kier molecular flexibility index (Phi) is 5.30. The van der Waals surface area contributed by atoms with Crippen molar-refractivity contribution >= 4 is 5.91 Å². The van der Waals surface area contributed by atoms with E-state index in [1.807, 2.05) is 24.3 Å². The number of rotatable bonds is 7. The third kappa shape index (κ3) is 4.03. The highest BCUT2D eigenvalue weighted by atomic mass is 16.3. The average molecular weight is 327 g/mol. The number of amides is 1. The fraction of sp³-hybridized carbons (Fsp3) is 0.474. The SMILES string of the molecule is CCCc1cc(C(=O)N[C@H](Cc2ccccc2)C2CC(O)C2)n[nH]1. The number of carbonyl (C=O) groups is 1. The summed E-state index contributed by atoms with van der Waals surface area (Å²) in [5, 5.41) is 19.8. The van der Waals surface area contributed by atoms with Crippen molar-refractivity contribution in [1.82, 2.24) is 15.5 Å². The summed E-state index contributed by atoms with van der Waals surface area (Å²) in [5.74, 6) is 0.175. The second-order valence-electron chi connectivity index (χ2n) is 6.68. The minimum Gasteiger partial charge on any atom is -0.393 e. The molecule has 0 saturated heterocycles. The molecule has 1 aliphatic rings. The van der Waals surface area contributed by atoms with Gasteiger partial charge in [-0.2, -0.15) is 5.10 Å². The van der Waals surface area contributed by atoms with Crippen molar-refractivity contribution in [3.05, 3.63) is 53.3 Å². The Hall–Kier alpha value is -2.14. The van der Waals surface area contributed by atoms with Gasteiger partial charge in [0.05, 0.1) is 6.10 Å². The van der Waals surface area contributed by atoms with Crippen molar-refractivity contribution in [2.24, 2.45) is 5.92 Å². The van der Waals surface area contributed by atoms with Crippen molar-refractivity contribution in [3.8, 4) is 0 Å². The molecular weight excluding hydrogens is 302 g/mol. The summed E-state index contributed by atoms with van der Waals surface area (Å²) in [6.07, 6.45) is 3.95. The molecule has 0 unspecified atom stereocenters. The van der Waals surface area contributed by atoms with Gasteiger partial charge in [0, 0.05) is 11.7 Å². The van der Waals surface area contributed by atoms with E-state index in [0.29, 0.717) is 11.6 Å². The average Bonchev–Trinajstić information content (AvgIpc) is 3.01. The Bertz CT molecular complexity index is 662. The van der Waals surface area contributed by atoms with Gasteiger partial charge in [-0.3, -0.25) is 9.89 Å². The van der Waals surface area contributed by atoms with E-state index in [0.717, 1.165) is 37.8 Å². The Morgan fingerprint density at radius 2 is 2.12 bits per heavy atom. The summed E-state index contributed by atoms with van der Waals surface area (Å²) >= 11 is 0. The fourth-order valence-electron chi connectivity index (χ4n) is 3.28. The summed E-state index contributed by atoms with van der Waals surface area (Å²) < 4.78 is 0. The zero-order chi connectivity index (χ0) is 16.9. The maximum Gasteiger partial charge on any atom is 0.272 e. The van der Waals surface area contributed by atoms with E-state index >= 15 is 0 Å². The van der Waals surface area contributed by atoms with Crippen LogP contribution in [0, 0.1) is 5.92 Å². The van der Waals surface area contributed by atoms with Gasteiger partial charge >= 0.3 is 0 Å². The van der Waals surface area contributed by atoms with Crippen LogP contribution >= 0.6 is 0 Å². The van der Waals surface area contributed by atoms with E-state index in [4.69, 9.17) is 0 Å².